The first-order valence-corrected chi connectivity index (χ1v) is 9.15. The Morgan fingerprint density at radius 1 is 1.20 bits per heavy atom. The second-order valence-corrected chi connectivity index (χ2v) is 7.95. The normalized spacial score (nSPS) is 11.9. The lowest BCUT2D eigenvalue weighted by Crippen LogP contribution is -2.41. The number of aromatic nitrogens is 4. The van der Waals surface area contributed by atoms with E-state index < -0.39 is 5.69 Å². The highest BCUT2D eigenvalue weighted by Crippen LogP contribution is 2.22. The van der Waals surface area contributed by atoms with Crippen LogP contribution in [0.15, 0.2) is 14.7 Å². The lowest BCUT2D eigenvalue weighted by molar-refractivity contribution is -0.119. The lowest BCUT2D eigenvalue weighted by atomic mass is 10.1. The van der Waals surface area contributed by atoms with Crippen molar-refractivity contribution >= 4 is 28.8 Å². The van der Waals surface area contributed by atoms with E-state index in [-0.39, 0.29) is 22.8 Å². The van der Waals surface area contributed by atoms with Gasteiger partial charge in [-0.3, -0.25) is 18.7 Å². The second kappa shape index (κ2) is 7.07. The number of imidazole rings is 1. The molecule has 1 amide bonds. The molecule has 0 spiro atoms. The van der Waals surface area contributed by atoms with Gasteiger partial charge in [0, 0.05) is 26.2 Å². The molecule has 0 aliphatic carbocycles. The number of amides is 1. The van der Waals surface area contributed by atoms with Crippen molar-refractivity contribution in [3.05, 3.63) is 20.8 Å². The summed E-state index contributed by atoms with van der Waals surface area (Å²) in [5.74, 6) is 0.0906. The highest BCUT2D eigenvalue weighted by Gasteiger charge is 2.20. The number of nitrogens with one attached hydrogen (secondary N) is 1. The predicted octanol–water partition coefficient (Wildman–Crippen LogP) is 0.850. The summed E-state index contributed by atoms with van der Waals surface area (Å²) in [4.78, 5) is 41.2. The topological polar surface area (TPSA) is 90.9 Å². The van der Waals surface area contributed by atoms with Gasteiger partial charge >= 0.3 is 5.69 Å². The highest BCUT2D eigenvalue weighted by molar-refractivity contribution is 7.99. The van der Waals surface area contributed by atoms with Gasteiger partial charge in [-0.15, -0.1) is 0 Å². The Bertz CT molecular complexity index is 917. The molecule has 2 aromatic rings. The van der Waals surface area contributed by atoms with Crippen LogP contribution in [0, 0.1) is 0 Å². The van der Waals surface area contributed by atoms with Crippen molar-refractivity contribution in [3.8, 4) is 0 Å². The fraction of sp³-hybridized carbons (Fsp3) is 0.625. The Kier molecular flexibility index (Phi) is 5.46. The molecule has 0 bridgehead atoms. The van der Waals surface area contributed by atoms with E-state index in [0.717, 1.165) is 11.0 Å². The largest absolute Gasteiger partial charge is 0.351 e. The van der Waals surface area contributed by atoms with Gasteiger partial charge in [0.25, 0.3) is 5.56 Å². The molecule has 9 heteroatoms. The van der Waals surface area contributed by atoms with Gasteiger partial charge in [0.15, 0.2) is 16.3 Å². The average molecular weight is 367 g/mol. The second-order valence-electron chi connectivity index (χ2n) is 7.01. The van der Waals surface area contributed by atoms with Gasteiger partial charge in [-0.2, -0.15) is 0 Å². The van der Waals surface area contributed by atoms with E-state index in [1.807, 2.05) is 27.7 Å². The number of thioether (sulfide) groups is 1. The van der Waals surface area contributed by atoms with Crippen molar-refractivity contribution < 1.29 is 4.79 Å². The summed E-state index contributed by atoms with van der Waals surface area (Å²) >= 11 is 1.27. The Balaban J connectivity index is 2.47. The number of nitrogens with zero attached hydrogens (tertiary/aromatic N) is 4. The quantitative estimate of drug-likeness (QED) is 0.791. The number of fused-ring (bicyclic) bond motifs is 1. The minimum Gasteiger partial charge on any atom is -0.351 e. The molecule has 0 aromatic carbocycles. The van der Waals surface area contributed by atoms with E-state index in [1.165, 1.54) is 23.4 Å². The van der Waals surface area contributed by atoms with Crippen LogP contribution in [0.25, 0.3) is 11.2 Å². The number of hydrogen-bond acceptors (Lipinski definition) is 5. The van der Waals surface area contributed by atoms with E-state index >= 15 is 0 Å². The Morgan fingerprint density at radius 2 is 1.84 bits per heavy atom. The molecule has 1 N–H and O–H groups in total. The van der Waals surface area contributed by atoms with Crippen LogP contribution in [-0.4, -0.2) is 35.9 Å². The van der Waals surface area contributed by atoms with Crippen LogP contribution in [0.2, 0.25) is 0 Å². The molecule has 2 aromatic heterocycles. The van der Waals surface area contributed by atoms with Gasteiger partial charge in [0.05, 0.1) is 5.75 Å². The molecule has 0 saturated carbocycles. The van der Waals surface area contributed by atoms with Crippen LogP contribution in [0.5, 0.6) is 0 Å². The van der Waals surface area contributed by atoms with Gasteiger partial charge in [-0.25, -0.2) is 9.78 Å². The Morgan fingerprint density at radius 3 is 2.40 bits per heavy atom. The van der Waals surface area contributed by atoms with Crippen LogP contribution in [0.1, 0.15) is 34.1 Å². The summed E-state index contributed by atoms with van der Waals surface area (Å²) in [5.41, 5.74) is -0.350. The van der Waals surface area contributed by atoms with Gasteiger partial charge in [0.1, 0.15) is 0 Å². The van der Waals surface area contributed by atoms with Crippen molar-refractivity contribution in [1.29, 1.82) is 0 Å². The summed E-state index contributed by atoms with van der Waals surface area (Å²) in [6, 6.07) is 0. The average Bonchev–Trinajstić information content (AvgIpc) is 2.86. The zero-order valence-corrected chi connectivity index (χ0v) is 16.4. The molecule has 0 unspecified atom stereocenters. The number of aryl methyl sites for hydroxylation is 2. The molecular formula is C16H25N5O3S. The zero-order chi connectivity index (χ0) is 18.9. The van der Waals surface area contributed by atoms with Crippen LogP contribution in [0.4, 0.5) is 0 Å². The van der Waals surface area contributed by atoms with Crippen molar-refractivity contribution in [1.82, 2.24) is 24.0 Å². The molecule has 0 aliphatic heterocycles. The summed E-state index contributed by atoms with van der Waals surface area (Å²) in [5, 5.41) is 3.47. The lowest BCUT2D eigenvalue weighted by Gasteiger charge is -2.20. The third kappa shape index (κ3) is 3.97. The SMILES string of the molecule is CCCn1c(SCC(=O)NC(C)(C)C)nc2c1c(=O)n(C)c(=O)n2C. The van der Waals surface area contributed by atoms with Crippen molar-refractivity contribution in [2.24, 2.45) is 14.1 Å². The third-order valence-corrected chi connectivity index (χ3v) is 4.58. The number of carbonyl (C=O) groups excluding carboxylic acids is 1. The van der Waals surface area contributed by atoms with Crippen LogP contribution in [0.3, 0.4) is 0 Å². The van der Waals surface area contributed by atoms with E-state index in [4.69, 9.17) is 0 Å². The molecular weight excluding hydrogens is 342 g/mol. The molecule has 0 saturated heterocycles. The highest BCUT2D eigenvalue weighted by atomic mass is 32.2. The maximum Gasteiger partial charge on any atom is 0.332 e. The molecule has 2 heterocycles. The van der Waals surface area contributed by atoms with Crippen LogP contribution in [-0.2, 0) is 25.4 Å². The molecule has 0 fully saturated rings. The van der Waals surface area contributed by atoms with Crippen LogP contribution >= 0.6 is 11.8 Å². The number of carbonyl (C=O) groups is 1. The molecule has 0 aliphatic rings. The van der Waals surface area contributed by atoms with Crippen LogP contribution < -0.4 is 16.6 Å². The van der Waals surface area contributed by atoms with Crippen molar-refractivity contribution in [3.63, 3.8) is 0 Å². The number of rotatable bonds is 5. The fourth-order valence-corrected chi connectivity index (χ4v) is 3.37. The Hall–Kier alpha value is -2.03. The molecule has 25 heavy (non-hydrogen) atoms. The van der Waals surface area contributed by atoms with Gasteiger partial charge < -0.3 is 9.88 Å². The Labute approximate surface area is 150 Å². The van der Waals surface area contributed by atoms with Crippen molar-refractivity contribution in [2.75, 3.05) is 5.75 Å². The van der Waals surface area contributed by atoms with Gasteiger partial charge in [-0.1, -0.05) is 18.7 Å². The van der Waals surface area contributed by atoms with E-state index in [9.17, 15) is 14.4 Å². The maximum atomic E-state index is 12.5. The number of hydrogen-bond donors (Lipinski definition) is 1. The summed E-state index contributed by atoms with van der Waals surface area (Å²) < 4.78 is 4.24. The van der Waals surface area contributed by atoms with Crippen molar-refractivity contribution in [2.45, 2.75) is 51.4 Å². The third-order valence-electron chi connectivity index (χ3n) is 3.61. The molecule has 8 nitrogen and oxygen atoms in total. The monoisotopic (exact) mass is 367 g/mol. The summed E-state index contributed by atoms with van der Waals surface area (Å²) in [6.45, 7) is 8.34. The van der Waals surface area contributed by atoms with E-state index in [1.54, 1.807) is 11.6 Å². The first-order chi connectivity index (χ1) is 11.6. The van der Waals surface area contributed by atoms with E-state index in [2.05, 4.69) is 10.3 Å². The van der Waals surface area contributed by atoms with Gasteiger partial charge in [0.2, 0.25) is 5.91 Å². The summed E-state index contributed by atoms with van der Waals surface area (Å²) in [7, 11) is 3.05. The molecule has 138 valence electrons. The smallest absolute Gasteiger partial charge is 0.332 e. The van der Waals surface area contributed by atoms with Gasteiger partial charge in [-0.05, 0) is 27.2 Å². The first-order valence-electron chi connectivity index (χ1n) is 8.17. The first kappa shape index (κ1) is 19.3. The fourth-order valence-electron chi connectivity index (χ4n) is 2.55. The summed E-state index contributed by atoms with van der Waals surface area (Å²) in [6.07, 6.45) is 0.805. The maximum absolute atomic E-state index is 12.5. The predicted molar refractivity (Wildman–Crippen MR) is 99.1 cm³/mol. The standard InChI is InChI=1S/C16H25N5O3S/c1-7-8-21-11-12(19(5)15(24)20(6)13(11)23)17-14(21)25-9-10(22)18-16(2,3)4/h7-9H2,1-6H3,(H,18,22). The minimum absolute atomic E-state index is 0.102. The molecule has 0 radical (unpaired) electrons. The minimum atomic E-state index is -0.416. The molecule has 2 rings (SSSR count). The molecule has 0 atom stereocenters. The van der Waals surface area contributed by atoms with E-state index in [0.29, 0.717) is 22.9 Å². The zero-order valence-electron chi connectivity index (χ0n) is 15.5.